The Labute approximate surface area is 218 Å². The maximum Gasteiger partial charge on any atom is 0.253 e. The Balaban J connectivity index is 1.17. The van der Waals surface area contributed by atoms with Crippen LogP contribution in [0.3, 0.4) is 0 Å². The lowest BCUT2D eigenvalue weighted by Gasteiger charge is -2.34. The van der Waals surface area contributed by atoms with E-state index in [1.54, 1.807) is 55.8 Å². The van der Waals surface area contributed by atoms with Crippen molar-refractivity contribution in [3.05, 3.63) is 90.1 Å². The zero-order valence-corrected chi connectivity index (χ0v) is 21.3. The number of nitrogens with zero attached hydrogens (tertiary/aromatic N) is 3. The second-order valence-electron chi connectivity index (χ2n) is 8.89. The second kappa shape index (κ2) is 11.0. The fourth-order valence-corrected chi connectivity index (χ4v) is 5.48. The van der Waals surface area contributed by atoms with Crippen LogP contribution < -0.4 is 9.46 Å². The van der Waals surface area contributed by atoms with E-state index in [0.717, 1.165) is 24.0 Å². The van der Waals surface area contributed by atoms with Gasteiger partial charge >= 0.3 is 0 Å². The summed E-state index contributed by atoms with van der Waals surface area (Å²) in [6.07, 6.45) is 1.69. The Morgan fingerprint density at radius 1 is 1.03 bits per heavy atom. The first kappa shape index (κ1) is 24.7. The molecule has 0 aliphatic carbocycles. The molecule has 5 rings (SSSR count). The van der Waals surface area contributed by atoms with Crippen molar-refractivity contribution in [2.45, 2.75) is 11.4 Å². The third-order valence-electron chi connectivity index (χ3n) is 6.39. The van der Waals surface area contributed by atoms with Crippen molar-refractivity contribution in [3.8, 4) is 11.5 Å². The number of benzene rings is 3. The number of para-hydroxylation sites is 1. The van der Waals surface area contributed by atoms with Gasteiger partial charge in [0, 0.05) is 61.6 Å². The number of anilines is 1. The molecule has 37 heavy (non-hydrogen) atoms. The molecule has 1 unspecified atom stereocenters. The standard InChI is InChI=1S/C28H28N4O4S/c1-36-25-17-20(16-24(33)18-25)19-31-12-14-32(15-13-31)28(34)22-7-9-23(10-8-22)30-37(35)26-6-2-4-21-5-3-11-29-27(21)26/h2-11,16-18,30,33H,12-15,19H2,1H3. The van der Waals surface area contributed by atoms with Gasteiger partial charge in [-0.25, -0.2) is 4.21 Å². The third kappa shape index (κ3) is 5.73. The molecule has 1 fully saturated rings. The first-order chi connectivity index (χ1) is 18.0. The van der Waals surface area contributed by atoms with Crippen molar-refractivity contribution in [1.82, 2.24) is 14.8 Å². The average molecular weight is 517 g/mol. The van der Waals surface area contributed by atoms with Crippen molar-refractivity contribution in [3.63, 3.8) is 0 Å². The van der Waals surface area contributed by atoms with Crippen molar-refractivity contribution in [2.24, 2.45) is 0 Å². The number of methoxy groups -OCH3 is 1. The molecule has 0 saturated carbocycles. The predicted molar refractivity (Wildman–Crippen MR) is 144 cm³/mol. The van der Waals surface area contributed by atoms with E-state index in [0.29, 0.717) is 47.0 Å². The number of carbonyl (C=O) groups is 1. The molecule has 1 aliphatic heterocycles. The number of piperazine rings is 1. The van der Waals surface area contributed by atoms with Gasteiger partial charge in [0.05, 0.1) is 17.5 Å². The summed E-state index contributed by atoms with van der Waals surface area (Å²) in [5.74, 6) is 0.780. The van der Waals surface area contributed by atoms with Crippen LogP contribution in [-0.4, -0.2) is 63.3 Å². The Kier molecular flexibility index (Phi) is 7.34. The summed E-state index contributed by atoms with van der Waals surface area (Å²) >= 11 is 0. The van der Waals surface area contributed by atoms with E-state index in [1.807, 2.05) is 35.2 Å². The van der Waals surface area contributed by atoms with Crippen LogP contribution in [0.5, 0.6) is 11.5 Å². The molecule has 1 saturated heterocycles. The lowest BCUT2D eigenvalue weighted by atomic mass is 10.1. The van der Waals surface area contributed by atoms with Gasteiger partial charge in [0.15, 0.2) is 11.0 Å². The maximum atomic E-state index is 13.1. The van der Waals surface area contributed by atoms with E-state index in [9.17, 15) is 14.1 Å². The van der Waals surface area contributed by atoms with Gasteiger partial charge in [-0.3, -0.25) is 14.7 Å². The van der Waals surface area contributed by atoms with Crippen LogP contribution in [0.4, 0.5) is 5.69 Å². The zero-order chi connectivity index (χ0) is 25.8. The number of hydrogen-bond donors (Lipinski definition) is 2. The van der Waals surface area contributed by atoms with Gasteiger partial charge in [-0.15, -0.1) is 0 Å². The van der Waals surface area contributed by atoms with E-state index in [2.05, 4.69) is 14.6 Å². The van der Waals surface area contributed by atoms with Gasteiger partial charge in [0.1, 0.15) is 11.5 Å². The molecule has 4 aromatic rings. The average Bonchev–Trinajstić information content (AvgIpc) is 2.93. The van der Waals surface area contributed by atoms with E-state index >= 15 is 0 Å². The molecule has 9 heteroatoms. The number of aromatic hydroxyl groups is 1. The summed E-state index contributed by atoms with van der Waals surface area (Å²) in [4.78, 5) is 22.1. The summed E-state index contributed by atoms with van der Waals surface area (Å²) in [5.41, 5.74) is 2.92. The lowest BCUT2D eigenvalue weighted by Crippen LogP contribution is -2.48. The highest BCUT2D eigenvalue weighted by atomic mass is 32.2. The number of phenolic OH excluding ortho intramolecular Hbond substituents is 1. The van der Waals surface area contributed by atoms with E-state index < -0.39 is 11.0 Å². The van der Waals surface area contributed by atoms with Crippen LogP contribution >= 0.6 is 0 Å². The van der Waals surface area contributed by atoms with Crippen LogP contribution in [0, 0.1) is 0 Å². The molecule has 2 N–H and O–H groups in total. The van der Waals surface area contributed by atoms with Gasteiger partial charge in [-0.1, -0.05) is 18.2 Å². The molecule has 8 nitrogen and oxygen atoms in total. The minimum atomic E-state index is -1.49. The van der Waals surface area contributed by atoms with Gasteiger partial charge in [0.2, 0.25) is 0 Å². The highest BCUT2D eigenvalue weighted by Crippen LogP contribution is 2.24. The van der Waals surface area contributed by atoms with Gasteiger partial charge in [-0.05, 0) is 54.1 Å². The smallest absolute Gasteiger partial charge is 0.253 e. The third-order valence-corrected chi connectivity index (χ3v) is 7.54. The Morgan fingerprint density at radius 2 is 1.78 bits per heavy atom. The number of phenols is 1. The highest BCUT2D eigenvalue weighted by molar-refractivity contribution is 7.86. The molecule has 1 aromatic heterocycles. The van der Waals surface area contributed by atoms with E-state index in [4.69, 9.17) is 4.74 Å². The van der Waals surface area contributed by atoms with Crippen molar-refractivity contribution in [2.75, 3.05) is 38.0 Å². The summed E-state index contributed by atoms with van der Waals surface area (Å²) in [6.45, 7) is 3.39. The molecule has 2 heterocycles. The number of fused-ring (bicyclic) bond motifs is 1. The normalized spacial score (nSPS) is 14.9. The Morgan fingerprint density at radius 3 is 2.54 bits per heavy atom. The predicted octanol–water partition coefficient (Wildman–Crippen LogP) is 4.04. The second-order valence-corrected chi connectivity index (χ2v) is 10.1. The van der Waals surface area contributed by atoms with E-state index in [-0.39, 0.29) is 11.7 Å². The molecule has 1 amide bonds. The highest BCUT2D eigenvalue weighted by Gasteiger charge is 2.22. The van der Waals surface area contributed by atoms with Crippen LogP contribution in [0.2, 0.25) is 0 Å². The number of carbonyl (C=O) groups excluding carboxylic acids is 1. The monoisotopic (exact) mass is 516 g/mol. The molecule has 3 aromatic carbocycles. The summed E-state index contributed by atoms with van der Waals surface area (Å²) < 4.78 is 21.2. The lowest BCUT2D eigenvalue weighted by molar-refractivity contribution is 0.0628. The van der Waals surface area contributed by atoms with Gasteiger partial charge in [-0.2, -0.15) is 0 Å². The zero-order valence-electron chi connectivity index (χ0n) is 20.5. The number of pyridine rings is 1. The number of rotatable bonds is 7. The number of nitrogens with one attached hydrogen (secondary N) is 1. The molecule has 1 aliphatic rings. The van der Waals surface area contributed by atoms with Crippen LogP contribution in [-0.2, 0) is 17.5 Å². The first-order valence-electron chi connectivity index (χ1n) is 12.0. The minimum Gasteiger partial charge on any atom is -0.508 e. The summed E-state index contributed by atoms with van der Waals surface area (Å²) in [7, 11) is 0.0846. The molecule has 0 spiro atoms. The number of hydrogen-bond acceptors (Lipinski definition) is 6. The fraction of sp³-hybridized carbons (Fsp3) is 0.214. The number of ether oxygens (including phenoxy) is 1. The summed E-state index contributed by atoms with van der Waals surface area (Å²) in [6, 6.07) is 21.7. The SMILES string of the molecule is COc1cc(O)cc(CN2CCN(C(=O)c3ccc(NS(=O)c4cccc5cccnc45)cc3)CC2)c1. The molecule has 1 atom stereocenters. The molecule has 0 bridgehead atoms. The number of amides is 1. The van der Waals surface area contributed by atoms with Crippen LogP contribution in [0.15, 0.2) is 83.9 Å². The molecular weight excluding hydrogens is 488 g/mol. The molecular formula is C28H28N4O4S. The van der Waals surface area contributed by atoms with Gasteiger partial charge in [0.25, 0.3) is 5.91 Å². The van der Waals surface area contributed by atoms with Crippen molar-refractivity contribution < 1.29 is 18.8 Å². The number of aromatic nitrogens is 1. The minimum absolute atomic E-state index is 0.0235. The van der Waals surface area contributed by atoms with Crippen LogP contribution in [0.1, 0.15) is 15.9 Å². The maximum absolute atomic E-state index is 13.1. The largest absolute Gasteiger partial charge is 0.508 e. The van der Waals surface area contributed by atoms with Gasteiger partial charge < -0.3 is 19.5 Å². The quantitative estimate of drug-likeness (QED) is 0.385. The molecule has 0 radical (unpaired) electrons. The van der Waals surface area contributed by atoms with E-state index in [1.165, 1.54) is 0 Å². The van der Waals surface area contributed by atoms with Crippen molar-refractivity contribution in [1.29, 1.82) is 0 Å². The first-order valence-corrected chi connectivity index (χ1v) is 13.2. The van der Waals surface area contributed by atoms with Crippen LogP contribution in [0.25, 0.3) is 10.9 Å². The van der Waals surface area contributed by atoms with Crippen molar-refractivity contribution >= 4 is 33.5 Å². The fourth-order valence-electron chi connectivity index (χ4n) is 4.47. The topological polar surface area (TPSA) is 95.0 Å². The molecule has 190 valence electrons. The summed E-state index contributed by atoms with van der Waals surface area (Å²) in [5, 5.41) is 10.8. The Bertz CT molecular complexity index is 1430. The Hall–Kier alpha value is -3.95.